The average Bonchev–Trinajstić information content (AvgIpc) is 2.54. The van der Waals surface area contributed by atoms with Crippen LogP contribution in [0.5, 0.6) is 0 Å². The molecule has 0 aromatic heterocycles. The fourth-order valence-corrected chi connectivity index (χ4v) is 2.57. The van der Waals surface area contributed by atoms with Gasteiger partial charge in [0.2, 0.25) is 0 Å². The molecule has 0 bridgehead atoms. The summed E-state index contributed by atoms with van der Waals surface area (Å²) >= 11 is 0. The summed E-state index contributed by atoms with van der Waals surface area (Å²) in [5.74, 6) is -0.383. The molecule has 1 aromatic rings. The molecule has 1 heterocycles. The van der Waals surface area contributed by atoms with E-state index < -0.39 is 11.7 Å². The van der Waals surface area contributed by atoms with Crippen molar-refractivity contribution in [3.8, 4) is 0 Å². The zero-order chi connectivity index (χ0) is 17.0. The van der Waals surface area contributed by atoms with Gasteiger partial charge in [0, 0.05) is 38.3 Å². The maximum atomic E-state index is 12.7. The Kier molecular flexibility index (Phi) is 5.64. The van der Waals surface area contributed by atoms with Crippen molar-refractivity contribution in [1.82, 2.24) is 9.80 Å². The van der Waals surface area contributed by atoms with Crippen molar-refractivity contribution in [3.05, 3.63) is 35.4 Å². The SMILES string of the molecule is CC[C@@H](O)CN1CCN(C(=O)c2cccc(C(F)(F)F)c2)CC1. The summed E-state index contributed by atoms with van der Waals surface area (Å²) in [7, 11) is 0. The van der Waals surface area contributed by atoms with Gasteiger partial charge < -0.3 is 10.0 Å². The molecule has 23 heavy (non-hydrogen) atoms. The number of hydrogen-bond donors (Lipinski definition) is 1. The molecule has 0 radical (unpaired) electrons. The van der Waals surface area contributed by atoms with Gasteiger partial charge in [0.15, 0.2) is 0 Å². The zero-order valence-electron chi connectivity index (χ0n) is 13.0. The second-order valence-corrected chi connectivity index (χ2v) is 5.73. The molecule has 1 aliphatic heterocycles. The van der Waals surface area contributed by atoms with Gasteiger partial charge in [-0.3, -0.25) is 9.69 Å². The van der Waals surface area contributed by atoms with E-state index in [0.717, 1.165) is 12.1 Å². The highest BCUT2D eigenvalue weighted by Crippen LogP contribution is 2.29. The number of nitrogens with zero attached hydrogens (tertiary/aromatic N) is 2. The van der Waals surface area contributed by atoms with E-state index in [1.165, 1.54) is 12.1 Å². The van der Waals surface area contributed by atoms with E-state index in [2.05, 4.69) is 4.90 Å². The number of hydrogen-bond acceptors (Lipinski definition) is 3. The molecule has 1 aliphatic rings. The molecule has 0 saturated carbocycles. The van der Waals surface area contributed by atoms with Crippen LogP contribution >= 0.6 is 0 Å². The van der Waals surface area contributed by atoms with Crippen molar-refractivity contribution in [2.75, 3.05) is 32.7 Å². The number of aliphatic hydroxyl groups excluding tert-OH is 1. The fraction of sp³-hybridized carbons (Fsp3) is 0.562. The van der Waals surface area contributed by atoms with Crippen molar-refractivity contribution >= 4 is 5.91 Å². The standard InChI is InChI=1S/C16H21F3N2O2/c1-2-14(22)11-20-6-8-21(9-7-20)15(23)12-4-3-5-13(10-12)16(17,18)19/h3-5,10,14,22H,2,6-9,11H2,1H3/t14-/m1/s1. The molecular weight excluding hydrogens is 309 g/mol. The molecule has 1 N–H and O–H groups in total. The molecule has 7 heteroatoms. The average molecular weight is 330 g/mol. The fourth-order valence-electron chi connectivity index (χ4n) is 2.57. The molecule has 1 aromatic carbocycles. The van der Waals surface area contributed by atoms with Gasteiger partial charge in [-0.05, 0) is 24.6 Å². The smallest absolute Gasteiger partial charge is 0.392 e. The molecule has 1 atom stereocenters. The van der Waals surface area contributed by atoms with Crippen LogP contribution in [0.2, 0.25) is 0 Å². The lowest BCUT2D eigenvalue weighted by Gasteiger charge is -2.35. The molecular formula is C16H21F3N2O2. The molecule has 1 amide bonds. The lowest BCUT2D eigenvalue weighted by Crippen LogP contribution is -2.50. The minimum absolute atomic E-state index is 0.0573. The molecule has 1 saturated heterocycles. The van der Waals surface area contributed by atoms with Crippen LogP contribution in [0.1, 0.15) is 29.3 Å². The molecule has 128 valence electrons. The third-order valence-electron chi connectivity index (χ3n) is 4.04. The summed E-state index contributed by atoms with van der Waals surface area (Å²) in [5, 5.41) is 9.64. The van der Waals surface area contributed by atoms with Crippen molar-refractivity contribution in [2.45, 2.75) is 25.6 Å². The summed E-state index contributed by atoms with van der Waals surface area (Å²) < 4.78 is 38.2. The van der Waals surface area contributed by atoms with E-state index in [-0.39, 0.29) is 17.6 Å². The first kappa shape index (κ1) is 17.7. The Hall–Kier alpha value is -1.60. The number of β-amino-alcohol motifs (C(OH)–C–C–N with tert-alkyl or cyclic N) is 1. The van der Waals surface area contributed by atoms with E-state index in [0.29, 0.717) is 39.1 Å². The molecule has 4 nitrogen and oxygen atoms in total. The number of rotatable bonds is 4. The number of aliphatic hydroxyl groups is 1. The number of amides is 1. The quantitative estimate of drug-likeness (QED) is 0.921. The number of halogens is 3. The minimum Gasteiger partial charge on any atom is -0.392 e. The van der Waals surface area contributed by atoms with E-state index in [1.807, 2.05) is 6.92 Å². The first-order valence-corrected chi connectivity index (χ1v) is 7.68. The van der Waals surface area contributed by atoms with E-state index in [1.54, 1.807) is 4.90 Å². The number of piperazine rings is 1. The van der Waals surface area contributed by atoms with Crippen LogP contribution in [0, 0.1) is 0 Å². The Balaban J connectivity index is 1.97. The second-order valence-electron chi connectivity index (χ2n) is 5.73. The van der Waals surface area contributed by atoms with Gasteiger partial charge in [0.1, 0.15) is 0 Å². The Bertz CT molecular complexity index is 540. The number of benzene rings is 1. The van der Waals surface area contributed by atoms with E-state index in [4.69, 9.17) is 0 Å². The van der Waals surface area contributed by atoms with Crippen molar-refractivity contribution in [2.24, 2.45) is 0 Å². The van der Waals surface area contributed by atoms with Crippen molar-refractivity contribution in [1.29, 1.82) is 0 Å². The Morgan fingerprint density at radius 3 is 2.48 bits per heavy atom. The third kappa shape index (κ3) is 4.68. The largest absolute Gasteiger partial charge is 0.416 e. The summed E-state index contributed by atoms with van der Waals surface area (Å²) in [6.07, 6.45) is -4.17. The molecule has 1 fully saturated rings. The second kappa shape index (κ2) is 7.31. The highest BCUT2D eigenvalue weighted by atomic mass is 19.4. The number of carbonyl (C=O) groups excluding carboxylic acids is 1. The van der Waals surface area contributed by atoms with Crippen LogP contribution < -0.4 is 0 Å². The number of alkyl halides is 3. The van der Waals surface area contributed by atoms with Crippen LogP contribution in [0.15, 0.2) is 24.3 Å². The Labute approximate surface area is 133 Å². The monoisotopic (exact) mass is 330 g/mol. The molecule has 0 spiro atoms. The summed E-state index contributed by atoms with van der Waals surface area (Å²) in [5.41, 5.74) is -0.755. The van der Waals surface area contributed by atoms with Crippen LogP contribution in [0.3, 0.4) is 0 Å². The summed E-state index contributed by atoms with van der Waals surface area (Å²) in [6, 6.07) is 4.52. The van der Waals surface area contributed by atoms with E-state index >= 15 is 0 Å². The van der Waals surface area contributed by atoms with Gasteiger partial charge in [0.05, 0.1) is 11.7 Å². The zero-order valence-corrected chi connectivity index (χ0v) is 13.0. The maximum Gasteiger partial charge on any atom is 0.416 e. The van der Waals surface area contributed by atoms with Crippen LogP contribution in [-0.2, 0) is 6.18 Å². The molecule has 2 rings (SSSR count). The van der Waals surface area contributed by atoms with Crippen LogP contribution in [-0.4, -0.2) is 59.6 Å². The Morgan fingerprint density at radius 2 is 1.91 bits per heavy atom. The van der Waals surface area contributed by atoms with Gasteiger partial charge in [-0.1, -0.05) is 13.0 Å². The molecule has 0 unspecified atom stereocenters. The minimum atomic E-state index is -4.45. The summed E-state index contributed by atoms with van der Waals surface area (Å²) in [4.78, 5) is 16.0. The highest BCUT2D eigenvalue weighted by Gasteiger charge is 2.31. The van der Waals surface area contributed by atoms with Crippen molar-refractivity contribution in [3.63, 3.8) is 0 Å². The van der Waals surface area contributed by atoms with Gasteiger partial charge in [0.25, 0.3) is 5.91 Å². The predicted octanol–water partition coefficient (Wildman–Crippen LogP) is 2.23. The lowest BCUT2D eigenvalue weighted by molar-refractivity contribution is -0.137. The van der Waals surface area contributed by atoms with Gasteiger partial charge in [-0.25, -0.2) is 0 Å². The Morgan fingerprint density at radius 1 is 1.26 bits per heavy atom. The van der Waals surface area contributed by atoms with Gasteiger partial charge in [-0.15, -0.1) is 0 Å². The van der Waals surface area contributed by atoms with Gasteiger partial charge in [-0.2, -0.15) is 13.2 Å². The topological polar surface area (TPSA) is 43.8 Å². The first-order chi connectivity index (χ1) is 10.8. The lowest BCUT2D eigenvalue weighted by atomic mass is 10.1. The summed E-state index contributed by atoms with van der Waals surface area (Å²) in [6.45, 7) is 4.58. The van der Waals surface area contributed by atoms with Crippen LogP contribution in [0.25, 0.3) is 0 Å². The maximum absolute atomic E-state index is 12.7. The number of carbonyl (C=O) groups is 1. The van der Waals surface area contributed by atoms with Crippen LogP contribution in [0.4, 0.5) is 13.2 Å². The van der Waals surface area contributed by atoms with E-state index in [9.17, 15) is 23.1 Å². The van der Waals surface area contributed by atoms with Gasteiger partial charge >= 0.3 is 6.18 Å². The molecule has 0 aliphatic carbocycles. The third-order valence-corrected chi connectivity index (χ3v) is 4.04. The normalized spacial score (nSPS) is 18.0. The predicted molar refractivity (Wildman–Crippen MR) is 80.1 cm³/mol. The van der Waals surface area contributed by atoms with Crippen molar-refractivity contribution < 1.29 is 23.1 Å². The first-order valence-electron chi connectivity index (χ1n) is 7.68. The highest BCUT2D eigenvalue weighted by molar-refractivity contribution is 5.94.